The molecule has 5 aromatic rings. The zero-order valence-electron chi connectivity index (χ0n) is 26.8. The number of carbonyl (C=O) groups is 1. The molecule has 8 nitrogen and oxygen atoms in total. The summed E-state index contributed by atoms with van der Waals surface area (Å²) in [5.41, 5.74) is 5.93. The first-order chi connectivity index (χ1) is 22.2. The van der Waals surface area contributed by atoms with Crippen molar-refractivity contribution in [2.75, 3.05) is 38.6 Å². The predicted molar refractivity (Wildman–Crippen MR) is 185 cm³/mol. The van der Waals surface area contributed by atoms with E-state index >= 15 is 0 Å². The summed E-state index contributed by atoms with van der Waals surface area (Å²) in [7, 11) is 1.66. The molecule has 0 bridgehead atoms. The van der Waals surface area contributed by atoms with Gasteiger partial charge in [-0.05, 0) is 79.9 Å². The van der Waals surface area contributed by atoms with Crippen LogP contribution in [-0.4, -0.2) is 59.8 Å². The van der Waals surface area contributed by atoms with Crippen molar-refractivity contribution < 1.29 is 19.0 Å². The number of nitrogens with zero attached hydrogens (tertiary/aromatic N) is 3. The molecular formula is C37H40N4O4S. The standard InChI is InChI=1S/C37H40N4O4S/c1-37(2,3)45-36(42)41-19-17-40(18-20-41)24-27-7-5-8-28(21-27)34-23-33-35(46-34)32(15-16-38-33)39-29-9-6-10-31(22-29)44-25-26-11-13-30(43-4)14-12-26/h5-16,21-23H,17-20,24-25H2,1-4H3,(H,38,39). The minimum atomic E-state index is -0.480. The molecule has 0 radical (unpaired) electrons. The van der Waals surface area contributed by atoms with Crippen LogP contribution in [0.1, 0.15) is 31.9 Å². The molecule has 1 aliphatic heterocycles. The average Bonchev–Trinajstić information content (AvgIpc) is 3.50. The lowest BCUT2D eigenvalue weighted by atomic mass is 10.1. The highest BCUT2D eigenvalue weighted by Gasteiger charge is 2.26. The maximum Gasteiger partial charge on any atom is 0.410 e. The number of ether oxygens (including phenoxy) is 3. The van der Waals surface area contributed by atoms with Crippen molar-refractivity contribution in [3.63, 3.8) is 0 Å². The van der Waals surface area contributed by atoms with E-state index < -0.39 is 5.60 Å². The van der Waals surface area contributed by atoms with Crippen LogP contribution in [-0.2, 0) is 17.9 Å². The van der Waals surface area contributed by atoms with Crippen LogP contribution in [0.2, 0.25) is 0 Å². The van der Waals surface area contributed by atoms with E-state index in [2.05, 4.69) is 45.5 Å². The summed E-state index contributed by atoms with van der Waals surface area (Å²) < 4.78 is 18.0. The zero-order chi connectivity index (χ0) is 32.1. The van der Waals surface area contributed by atoms with Gasteiger partial charge in [-0.15, -0.1) is 11.3 Å². The van der Waals surface area contributed by atoms with Gasteiger partial charge in [-0.1, -0.05) is 36.4 Å². The largest absolute Gasteiger partial charge is 0.497 e. The lowest BCUT2D eigenvalue weighted by molar-refractivity contribution is 0.0139. The minimum absolute atomic E-state index is 0.229. The van der Waals surface area contributed by atoms with Gasteiger partial charge in [0.2, 0.25) is 0 Å². The number of carbonyl (C=O) groups excluding carboxylic acids is 1. The first-order valence-electron chi connectivity index (χ1n) is 15.5. The van der Waals surface area contributed by atoms with Crippen LogP contribution in [0.15, 0.2) is 91.1 Å². The van der Waals surface area contributed by atoms with E-state index in [0.29, 0.717) is 19.7 Å². The van der Waals surface area contributed by atoms with E-state index in [0.717, 1.165) is 58.3 Å². The number of anilines is 2. The monoisotopic (exact) mass is 636 g/mol. The molecule has 6 rings (SSSR count). The summed E-state index contributed by atoms with van der Waals surface area (Å²) in [6, 6.07) is 28.8. The van der Waals surface area contributed by atoms with E-state index in [1.54, 1.807) is 23.3 Å². The fourth-order valence-electron chi connectivity index (χ4n) is 5.38. The number of aromatic nitrogens is 1. The molecule has 1 aliphatic rings. The Labute approximate surface area is 274 Å². The molecule has 238 valence electrons. The molecule has 1 N–H and O–H groups in total. The van der Waals surface area contributed by atoms with Gasteiger partial charge in [0.05, 0.1) is 23.0 Å². The van der Waals surface area contributed by atoms with Gasteiger partial charge < -0.3 is 24.4 Å². The van der Waals surface area contributed by atoms with Crippen molar-refractivity contribution in [3.05, 3.63) is 102 Å². The van der Waals surface area contributed by atoms with Gasteiger partial charge in [-0.25, -0.2) is 4.79 Å². The molecule has 1 amide bonds. The lowest BCUT2D eigenvalue weighted by Gasteiger charge is -2.35. The second kappa shape index (κ2) is 13.8. The molecule has 0 aliphatic carbocycles. The summed E-state index contributed by atoms with van der Waals surface area (Å²) in [6.07, 6.45) is 1.62. The Morgan fingerprint density at radius 1 is 0.891 bits per heavy atom. The quantitative estimate of drug-likeness (QED) is 0.174. The van der Waals surface area contributed by atoms with Crippen LogP contribution < -0.4 is 14.8 Å². The maximum absolute atomic E-state index is 12.5. The van der Waals surface area contributed by atoms with Crippen molar-refractivity contribution in [3.8, 4) is 21.9 Å². The number of piperazine rings is 1. The third kappa shape index (κ3) is 7.97. The third-order valence-corrected chi connectivity index (χ3v) is 8.94. The molecule has 2 aromatic heterocycles. The van der Waals surface area contributed by atoms with Gasteiger partial charge in [0.1, 0.15) is 23.7 Å². The van der Waals surface area contributed by atoms with Gasteiger partial charge in [0, 0.05) is 55.6 Å². The molecule has 9 heteroatoms. The number of rotatable bonds is 9. The first-order valence-corrected chi connectivity index (χ1v) is 16.3. The van der Waals surface area contributed by atoms with Crippen molar-refractivity contribution in [1.82, 2.24) is 14.8 Å². The van der Waals surface area contributed by atoms with Crippen molar-refractivity contribution in [2.45, 2.75) is 39.5 Å². The molecule has 1 fully saturated rings. The second-order valence-electron chi connectivity index (χ2n) is 12.4. The molecule has 3 heterocycles. The van der Waals surface area contributed by atoms with Gasteiger partial charge in [0.15, 0.2) is 0 Å². The Balaban J connectivity index is 1.10. The highest BCUT2D eigenvalue weighted by atomic mass is 32.1. The van der Waals surface area contributed by atoms with Crippen LogP contribution >= 0.6 is 11.3 Å². The van der Waals surface area contributed by atoms with Crippen LogP contribution in [0.3, 0.4) is 0 Å². The van der Waals surface area contributed by atoms with Gasteiger partial charge in [-0.3, -0.25) is 9.88 Å². The Hall–Kier alpha value is -4.60. The van der Waals surface area contributed by atoms with Crippen molar-refractivity contribution in [1.29, 1.82) is 0 Å². The van der Waals surface area contributed by atoms with E-state index in [4.69, 9.17) is 14.2 Å². The second-order valence-corrected chi connectivity index (χ2v) is 13.5. The smallest absolute Gasteiger partial charge is 0.410 e. The Morgan fingerprint density at radius 3 is 2.43 bits per heavy atom. The fourth-order valence-corrected chi connectivity index (χ4v) is 6.46. The normalized spacial score (nSPS) is 13.9. The Kier molecular flexibility index (Phi) is 9.42. The van der Waals surface area contributed by atoms with Crippen LogP contribution in [0.4, 0.5) is 16.2 Å². The van der Waals surface area contributed by atoms with Crippen LogP contribution in [0, 0.1) is 0 Å². The minimum Gasteiger partial charge on any atom is -0.497 e. The van der Waals surface area contributed by atoms with Gasteiger partial charge >= 0.3 is 6.09 Å². The number of pyridine rings is 1. The van der Waals surface area contributed by atoms with E-state index in [-0.39, 0.29) is 6.09 Å². The van der Waals surface area contributed by atoms with Gasteiger partial charge in [-0.2, -0.15) is 0 Å². The average molecular weight is 637 g/mol. The Morgan fingerprint density at radius 2 is 1.67 bits per heavy atom. The predicted octanol–water partition coefficient (Wildman–Crippen LogP) is 8.35. The molecule has 0 atom stereocenters. The maximum atomic E-state index is 12.5. The SMILES string of the molecule is COc1ccc(COc2cccc(Nc3ccnc4cc(-c5cccc(CN6CCN(C(=O)OC(C)(C)C)CC6)c5)sc34)c2)cc1. The third-order valence-electron chi connectivity index (χ3n) is 7.73. The highest BCUT2D eigenvalue weighted by Crippen LogP contribution is 2.38. The molecule has 0 spiro atoms. The summed E-state index contributed by atoms with van der Waals surface area (Å²) in [5, 5.41) is 3.59. The topological polar surface area (TPSA) is 76.2 Å². The molecule has 1 saturated heterocycles. The summed E-state index contributed by atoms with van der Waals surface area (Å²) in [4.78, 5) is 22.5. The molecule has 0 saturated carbocycles. The van der Waals surface area contributed by atoms with E-state index in [1.807, 2.05) is 81.6 Å². The summed E-state index contributed by atoms with van der Waals surface area (Å²) in [5.74, 6) is 1.62. The highest BCUT2D eigenvalue weighted by molar-refractivity contribution is 7.22. The lowest BCUT2D eigenvalue weighted by Crippen LogP contribution is -2.49. The molecule has 3 aromatic carbocycles. The first kappa shape index (κ1) is 31.4. The molecule has 46 heavy (non-hydrogen) atoms. The molecular weight excluding hydrogens is 596 g/mol. The number of hydrogen-bond donors (Lipinski definition) is 1. The number of thiophene rings is 1. The van der Waals surface area contributed by atoms with Gasteiger partial charge in [0.25, 0.3) is 0 Å². The van der Waals surface area contributed by atoms with E-state index in [9.17, 15) is 4.79 Å². The molecule has 0 unspecified atom stereocenters. The number of amides is 1. The van der Waals surface area contributed by atoms with Crippen LogP contribution in [0.25, 0.3) is 20.7 Å². The zero-order valence-corrected chi connectivity index (χ0v) is 27.6. The number of methoxy groups -OCH3 is 1. The number of nitrogens with one attached hydrogen (secondary N) is 1. The van der Waals surface area contributed by atoms with Crippen molar-refractivity contribution >= 4 is 39.0 Å². The number of hydrogen-bond acceptors (Lipinski definition) is 8. The summed E-state index contributed by atoms with van der Waals surface area (Å²) >= 11 is 1.74. The Bertz CT molecular complexity index is 1790. The summed E-state index contributed by atoms with van der Waals surface area (Å²) in [6.45, 7) is 9.99. The number of fused-ring (bicyclic) bond motifs is 1. The number of benzene rings is 3. The van der Waals surface area contributed by atoms with Crippen molar-refractivity contribution in [2.24, 2.45) is 0 Å². The van der Waals surface area contributed by atoms with Crippen LogP contribution in [0.5, 0.6) is 11.5 Å². The fraction of sp³-hybridized carbons (Fsp3) is 0.297. The van der Waals surface area contributed by atoms with E-state index in [1.165, 1.54) is 16.0 Å².